The van der Waals surface area contributed by atoms with E-state index in [-0.39, 0.29) is 11.8 Å². The Kier molecular flexibility index (Phi) is 5.04. The molecule has 2 heterocycles. The summed E-state index contributed by atoms with van der Waals surface area (Å²) in [5, 5.41) is 13.1. The Hall–Kier alpha value is -2.35. The number of hydrogen-bond donors (Lipinski definition) is 3. The molecule has 140 valence electrons. The van der Waals surface area contributed by atoms with Gasteiger partial charge in [-0.3, -0.25) is 9.89 Å². The quantitative estimate of drug-likeness (QED) is 0.778. The number of aromatic nitrogens is 2. The van der Waals surface area contributed by atoms with Crippen LogP contribution in [-0.2, 0) is 19.1 Å². The SMILES string of the molecule is CC(C)C(NC(=O)c1n[nH]c2c1CNCC2)c1ccc(C(F)(F)F)cc1. The first-order valence-corrected chi connectivity index (χ1v) is 8.52. The zero-order valence-corrected chi connectivity index (χ0v) is 14.6. The third kappa shape index (κ3) is 3.75. The fourth-order valence-corrected chi connectivity index (χ4v) is 3.14. The molecule has 0 bridgehead atoms. The van der Waals surface area contributed by atoms with Gasteiger partial charge >= 0.3 is 6.18 Å². The van der Waals surface area contributed by atoms with Crippen molar-refractivity contribution in [1.82, 2.24) is 20.8 Å². The summed E-state index contributed by atoms with van der Waals surface area (Å²) in [6.45, 7) is 5.21. The molecule has 5 nitrogen and oxygen atoms in total. The van der Waals surface area contributed by atoms with Crippen LogP contribution in [0.25, 0.3) is 0 Å². The molecule has 1 aliphatic heterocycles. The van der Waals surface area contributed by atoms with Crippen molar-refractivity contribution in [3.8, 4) is 0 Å². The molecule has 1 aromatic heterocycles. The Balaban J connectivity index is 1.81. The van der Waals surface area contributed by atoms with Crippen LogP contribution in [-0.4, -0.2) is 22.6 Å². The van der Waals surface area contributed by atoms with E-state index in [9.17, 15) is 18.0 Å². The third-order valence-corrected chi connectivity index (χ3v) is 4.57. The van der Waals surface area contributed by atoms with Gasteiger partial charge < -0.3 is 10.6 Å². The Morgan fingerprint density at radius 3 is 2.54 bits per heavy atom. The van der Waals surface area contributed by atoms with Crippen molar-refractivity contribution in [2.75, 3.05) is 6.54 Å². The minimum atomic E-state index is -4.38. The van der Waals surface area contributed by atoms with E-state index in [1.165, 1.54) is 12.1 Å². The molecule has 1 unspecified atom stereocenters. The van der Waals surface area contributed by atoms with E-state index in [4.69, 9.17) is 0 Å². The molecule has 3 rings (SSSR count). The molecule has 1 aliphatic rings. The number of nitrogens with zero attached hydrogens (tertiary/aromatic N) is 1. The monoisotopic (exact) mass is 366 g/mol. The van der Waals surface area contributed by atoms with E-state index in [0.717, 1.165) is 36.4 Å². The maximum atomic E-state index is 12.7. The maximum Gasteiger partial charge on any atom is 0.416 e. The van der Waals surface area contributed by atoms with Crippen molar-refractivity contribution in [1.29, 1.82) is 0 Å². The lowest BCUT2D eigenvalue weighted by molar-refractivity contribution is -0.137. The predicted octanol–water partition coefficient (Wildman–Crippen LogP) is 3.20. The Bertz CT molecular complexity index is 781. The molecule has 1 atom stereocenters. The third-order valence-electron chi connectivity index (χ3n) is 4.57. The van der Waals surface area contributed by atoms with Gasteiger partial charge in [0.15, 0.2) is 5.69 Å². The molecule has 1 amide bonds. The number of nitrogens with one attached hydrogen (secondary N) is 3. The van der Waals surface area contributed by atoms with E-state index >= 15 is 0 Å². The zero-order valence-electron chi connectivity index (χ0n) is 14.6. The highest BCUT2D eigenvalue weighted by Crippen LogP contribution is 2.31. The number of hydrogen-bond acceptors (Lipinski definition) is 3. The molecule has 0 spiro atoms. The molecule has 8 heteroatoms. The molecule has 0 radical (unpaired) electrons. The lowest BCUT2D eigenvalue weighted by Gasteiger charge is -2.23. The van der Waals surface area contributed by atoms with Gasteiger partial charge in [-0.05, 0) is 23.6 Å². The highest BCUT2D eigenvalue weighted by molar-refractivity contribution is 5.94. The van der Waals surface area contributed by atoms with Gasteiger partial charge in [-0.1, -0.05) is 26.0 Å². The maximum absolute atomic E-state index is 12.7. The number of aromatic amines is 1. The number of H-pyrrole nitrogens is 1. The minimum Gasteiger partial charge on any atom is -0.344 e. The summed E-state index contributed by atoms with van der Waals surface area (Å²) in [6, 6.07) is 4.49. The molecular weight excluding hydrogens is 345 g/mol. The van der Waals surface area contributed by atoms with Crippen LogP contribution in [0.1, 0.15) is 52.8 Å². The van der Waals surface area contributed by atoms with Crippen LogP contribution in [0, 0.1) is 5.92 Å². The van der Waals surface area contributed by atoms with Gasteiger partial charge in [-0.15, -0.1) is 0 Å². The largest absolute Gasteiger partial charge is 0.416 e. The Labute approximate surface area is 149 Å². The lowest BCUT2D eigenvalue weighted by atomic mass is 9.94. The second kappa shape index (κ2) is 7.11. The molecule has 3 N–H and O–H groups in total. The van der Waals surface area contributed by atoms with Crippen molar-refractivity contribution >= 4 is 5.91 Å². The normalized spacial score (nSPS) is 15.6. The van der Waals surface area contributed by atoms with Crippen LogP contribution in [0.5, 0.6) is 0 Å². The molecule has 0 aliphatic carbocycles. The summed E-state index contributed by atoms with van der Waals surface area (Å²) in [6.07, 6.45) is -3.60. The summed E-state index contributed by atoms with van der Waals surface area (Å²) in [5.74, 6) is -0.326. The van der Waals surface area contributed by atoms with E-state index in [0.29, 0.717) is 17.8 Å². The van der Waals surface area contributed by atoms with Crippen molar-refractivity contribution < 1.29 is 18.0 Å². The van der Waals surface area contributed by atoms with Crippen molar-refractivity contribution in [3.63, 3.8) is 0 Å². The molecule has 2 aromatic rings. The minimum absolute atomic E-state index is 0.00331. The molecule has 26 heavy (non-hydrogen) atoms. The molecule has 0 fully saturated rings. The van der Waals surface area contributed by atoms with Crippen LogP contribution in [0.15, 0.2) is 24.3 Å². The van der Waals surface area contributed by atoms with Gasteiger partial charge in [0, 0.05) is 30.8 Å². The summed E-state index contributed by atoms with van der Waals surface area (Å²) in [5.41, 5.74) is 2.06. The molecular formula is C18H21F3N4O. The number of rotatable bonds is 4. The average Bonchev–Trinajstić information content (AvgIpc) is 3.03. The lowest BCUT2D eigenvalue weighted by Crippen LogP contribution is -2.33. The van der Waals surface area contributed by atoms with Crippen LogP contribution in [0.3, 0.4) is 0 Å². The Morgan fingerprint density at radius 2 is 1.92 bits per heavy atom. The van der Waals surface area contributed by atoms with Gasteiger partial charge in [-0.2, -0.15) is 18.3 Å². The topological polar surface area (TPSA) is 69.8 Å². The summed E-state index contributed by atoms with van der Waals surface area (Å²) < 4.78 is 38.2. The summed E-state index contributed by atoms with van der Waals surface area (Å²) >= 11 is 0. The van der Waals surface area contributed by atoms with E-state index in [1.54, 1.807) is 0 Å². The van der Waals surface area contributed by atoms with Gasteiger partial charge in [0.1, 0.15) is 0 Å². The fraction of sp³-hybridized carbons (Fsp3) is 0.444. The van der Waals surface area contributed by atoms with Crippen LogP contribution in [0.2, 0.25) is 0 Å². The number of fused-ring (bicyclic) bond motifs is 1. The number of amides is 1. The number of halogens is 3. The first-order valence-electron chi connectivity index (χ1n) is 8.52. The van der Waals surface area contributed by atoms with Crippen molar-refractivity contribution in [3.05, 3.63) is 52.3 Å². The first kappa shape index (κ1) is 18.4. The number of benzene rings is 1. The zero-order chi connectivity index (χ0) is 18.9. The van der Waals surface area contributed by atoms with Crippen LogP contribution in [0.4, 0.5) is 13.2 Å². The second-order valence-electron chi connectivity index (χ2n) is 6.77. The van der Waals surface area contributed by atoms with E-state index in [2.05, 4.69) is 20.8 Å². The summed E-state index contributed by atoms with van der Waals surface area (Å²) in [4.78, 5) is 12.7. The van der Waals surface area contributed by atoms with Gasteiger partial charge in [0.05, 0.1) is 11.6 Å². The smallest absolute Gasteiger partial charge is 0.344 e. The van der Waals surface area contributed by atoms with Crippen LogP contribution < -0.4 is 10.6 Å². The van der Waals surface area contributed by atoms with Gasteiger partial charge in [0.2, 0.25) is 0 Å². The van der Waals surface area contributed by atoms with Gasteiger partial charge in [0.25, 0.3) is 5.91 Å². The predicted molar refractivity (Wildman–Crippen MR) is 90.5 cm³/mol. The number of carbonyl (C=O) groups is 1. The van der Waals surface area contributed by atoms with E-state index < -0.39 is 17.8 Å². The standard InChI is InChI=1S/C18H21F3N4O/c1-10(2)15(11-3-5-12(6-4-11)18(19,20)21)23-17(26)16-13-9-22-8-7-14(13)24-25-16/h3-6,10,15,22H,7-9H2,1-2H3,(H,23,26)(H,24,25). The highest BCUT2D eigenvalue weighted by atomic mass is 19.4. The van der Waals surface area contributed by atoms with Crippen molar-refractivity contribution in [2.24, 2.45) is 5.92 Å². The molecule has 0 saturated heterocycles. The van der Waals surface area contributed by atoms with E-state index in [1.807, 2.05) is 13.8 Å². The summed E-state index contributed by atoms with van der Waals surface area (Å²) in [7, 11) is 0. The number of alkyl halides is 3. The fourth-order valence-electron chi connectivity index (χ4n) is 3.14. The molecule has 0 saturated carbocycles. The Morgan fingerprint density at radius 1 is 1.23 bits per heavy atom. The number of carbonyl (C=O) groups excluding carboxylic acids is 1. The second-order valence-corrected chi connectivity index (χ2v) is 6.77. The molecule has 1 aromatic carbocycles. The van der Waals surface area contributed by atoms with Gasteiger partial charge in [-0.25, -0.2) is 0 Å². The van der Waals surface area contributed by atoms with Crippen LogP contribution >= 0.6 is 0 Å². The first-order chi connectivity index (χ1) is 12.3. The highest BCUT2D eigenvalue weighted by Gasteiger charge is 2.31. The van der Waals surface area contributed by atoms with Crippen molar-refractivity contribution in [2.45, 2.75) is 39.0 Å². The average molecular weight is 366 g/mol.